The van der Waals surface area contributed by atoms with Crippen molar-refractivity contribution in [1.82, 2.24) is 9.66 Å². The first-order valence-electron chi connectivity index (χ1n) is 11.9. The van der Waals surface area contributed by atoms with E-state index in [-0.39, 0.29) is 23.6 Å². The number of hydrogen-bond acceptors (Lipinski definition) is 6. The van der Waals surface area contributed by atoms with E-state index in [9.17, 15) is 9.59 Å². The molecule has 0 bridgehead atoms. The van der Waals surface area contributed by atoms with Gasteiger partial charge in [-0.1, -0.05) is 41.9 Å². The molecule has 4 rings (SSSR count). The van der Waals surface area contributed by atoms with Crippen molar-refractivity contribution in [3.05, 3.63) is 96.4 Å². The standard InChI is InChI=1S/C28H25Br2N3O5/c1-4-37-24-11-19(22(30)13-25(24)38-15-17-5-7-18(8-6-17)28(35)36)14-31-33-26(16(2)3)32-23-10-9-20(29)12-21(23)27(33)34/h5-14,16H,4,15H2,1-3H3,(H,35,36). The highest BCUT2D eigenvalue weighted by atomic mass is 79.9. The number of carboxylic acid groups (broad SMARTS) is 1. The molecule has 0 spiro atoms. The van der Waals surface area contributed by atoms with Crippen LogP contribution in [0.2, 0.25) is 0 Å². The largest absolute Gasteiger partial charge is 0.490 e. The third kappa shape index (κ3) is 6.14. The third-order valence-electron chi connectivity index (χ3n) is 5.62. The van der Waals surface area contributed by atoms with E-state index in [0.29, 0.717) is 44.9 Å². The molecule has 1 N–H and O–H groups in total. The number of carboxylic acids is 1. The van der Waals surface area contributed by atoms with Crippen molar-refractivity contribution in [2.24, 2.45) is 5.10 Å². The predicted molar refractivity (Wildman–Crippen MR) is 154 cm³/mol. The molecule has 0 saturated carbocycles. The fourth-order valence-corrected chi connectivity index (χ4v) is 4.49. The Balaban J connectivity index is 1.66. The molecule has 1 aromatic heterocycles. The van der Waals surface area contributed by atoms with E-state index in [2.05, 4.69) is 41.9 Å². The van der Waals surface area contributed by atoms with Crippen LogP contribution < -0.4 is 15.0 Å². The van der Waals surface area contributed by atoms with Crippen molar-refractivity contribution in [2.45, 2.75) is 33.3 Å². The number of ether oxygens (including phenoxy) is 2. The molecule has 10 heteroatoms. The minimum absolute atomic E-state index is 0.0318. The van der Waals surface area contributed by atoms with Crippen molar-refractivity contribution in [1.29, 1.82) is 0 Å². The molecule has 0 aliphatic rings. The highest BCUT2D eigenvalue weighted by Crippen LogP contribution is 2.34. The van der Waals surface area contributed by atoms with Crippen LogP contribution in [0.5, 0.6) is 11.5 Å². The number of aromatic carboxylic acids is 1. The molecule has 0 aliphatic heterocycles. The molecule has 0 amide bonds. The third-order valence-corrected chi connectivity index (χ3v) is 6.80. The van der Waals surface area contributed by atoms with Crippen molar-refractivity contribution in [3.8, 4) is 11.5 Å². The summed E-state index contributed by atoms with van der Waals surface area (Å²) in [7, 11) is 0. The summed E-state index contributed by atoms with van der Waals surface area (Å²) in [5.41, 5.74) is 2.07. The van der Waals surface area contributed by atoms with Crippen LogP contribution in [0.15, 0.2) is 73.4 Å². The van der Waals surface area contributed by atoms with Gasteiger partial charge in [0, 0.05) is 20.4 Å². The molecule has 3 aromatic carbocycles. The highest BCUT2D eigenvalue weighted by Gasteiger charge is 2.15. The van der Waals surface area contributed by atoms with Crippen LogP contribution >= 0.6 is 31.9 Å². The van der Waals surface area contributed by atoms with Crippen LogP contribution in [-0.2, 0) is 6.61 Å². The smallest absolute Gasteiger partial charge is 0.335 e. The summed E-state index contributed by atoms with van der Waals surface area (Å²) in [4.78, 5) is 29.1. The van der Waals surface area contributed by atoms with Gasteiger partial charge in [0.15, 0.2) is 11.5 Å². The van der Waals surface area contributed by atoms with E-state index in [4.69, 9.17) is 14.6 Å². The summed E-state index contributed by atoms with van der Waals surface area (Å²) in [6, 6.07) is 15.5. The highest BCUT2D eigenvalue weighted by molar-refractivity contribution is 9.10. The molecule has 0 atom stereocenters. The van der Waals surface area contributed by atoms with Crippen LogP contribution in [0.3, 0.4) is 0 Å². The molecule has 0 aliphatic carbocycles. The van der Waals surface area contributed by atoms with E-state index in [1.165, 1.54) is 16.8 Å². The fraction of sp³-hybridized carbons (Fsp3) is 0.214. The molecule has 1 heterocycles. The summed E-state index contributed by atoms with van der Waals surface area (Å²) < 4.78 is 14.6. The van der Waals surface area contributed by atoms with Crippen molar-refractivity contribution >= 4 is 54.9 Å². The van der Waals surface area contributed by atoms with Crippen LogP contribution in [0.25, 0.3) is 10.9 Å². The quantitative estimate of drug-likeness (QED) is 0.206. The first kappa shape index (κ1) is 27.5. The second-order valence-electron chi connectivity index (χ2n) is 8.69. The van der Waals surface area contributed by atoms with Crippen LogP contribution in [0, 0.1) is 0 Å². The molecular weight excluding hydrogens is 618 g/mol. The molecule has 0 radical (unpaired) electrons. The normalized spacial score (nSPS) is 11.4. The molecular formula is C28H25Br2N3O5. The zero-order valence-electron chi connectivity index (χ0n) is 20.9. The fourth-order valence-electron chi connectivity index (χ4n) is 3.71. The summed E-state index contributed by atoms with van der Waals surface area (Å²) in [6.07, 6.45) is 1.58. The predicted octanol–water partition coefficient (Wildman–Crippen LogP) is 6.60. The second kappa shape index (κ2) is 11.9. The maximum atomic E-state index is 13.3. The number of aromatic nitrogens is 2. The Kier molecular flexibility index (Phi) is 8.63. The zero-order valence-corrected chi connectivity index (χ0v) is 24.1. The van der Waals surface area contributed by atoms with Gasteiger partial charge in [-0.05, 0) is 70.9 Å². The van der Waals surface area contributed by atoms with E-state index >= 15 is 0 Å². The lowest BCUT2D eigenvalue weighted by molar-refractivity contribution is 0.0697. The molecule has 196 valence electrons. The number of fused-ring (bicyclic) bond motifs is 1. The van der Waals surface area contributed by atoms with Crippen molar-refractivity contribution in [3.63, 3.8) is 0 Å². The minimum Gasteiger partial charge on any atom is -0.490 e. The van der Waals surface area contributed by atoms with Gasteiger partial charge in [0.2, 0.25) is 0 Å². The topological polar surface area (TPSA) is 103 Å². The van der Waals surface area contributed by atoms with Gasteiger partial charge >= 0.3 is 5.97 Å². The Labute approximate surface area is 236 Å². The van der Waals surface area contributed by atoms with Gasteiger partial charge < -0.3 is 14.6 Å². The van der Waals surface area contributed by atoms with Crippen LogP contribution in [-0.4, -0.2) is 33.6 Å². The Hall–Kier alpha value is -3.50. The zero-order chi connectivity index (χ0) is 27.4. The minimum atomic E-state index is -0.979. The molecule has 0 unspecified atom stereocenters. The number of benzene rings is 3. The molecule has 4 aromatic rings. The second-order valence-corrected chi connectivity index (χ2v) is 10.5. The maximum absolute atomic E-state index is 13.3. The van der Waals surface area contributed by atoms with E-state index < -0.39 is 5.97 Å². The average molecular weight is 643 g/mol. The van der Waals surface area contributed by atoms with Crippen LogP contribution in [0.1, 0.15) is 54.0 Å². The Morgan fingerprint density at radius 3 is 2.45 bits per heavy atom. The number of carbonyl (C=O) groups is 1. The SMILES string of the molecule is CCOc1cc(C=Nn2c(C(C)C)nc3ccc(Br)cc3c2=O)c(Br)cc1OCc1ccc(C(=O)O)cc1. The van der Waals surface area contributed by atoms with Gasteiger partial charge in [-0.3, -0.25) is 4.79 Å². The Morgan fingerprint density at radius 2 is 1.79 bits per heavy atom. The Bertz CT molecular complexity index is 1580. The van der Waals surface area contributed by atoms with E-state index in [1.807, 2.05) is 32.9 Å². The van der Waals surface area contributed by atoms with Gasteiger partial charge in [-0.2, -0.15) is 9.78 Å². The Morgan fingerprint density at radius 1 is 1.08 bits per heavy atom. The molecule has 38 heavy (non-hydrogen) atoms. The van der Waals surface area contributed by atoms with Crippen molar-refractivity contribution in [2.75, 3.05) is 6.61 Å². The summed E-state index contributed by atoms with van der Waals surface area (Å²) in [6.45, 7) is 6.44. The maximum Gasteiger partial charge on any atom is 0.335 e. The number of rotatable bonds is 9. The lowest BCUT2D eigenvalue weighted by Gasteiger charge is -2.14. The number of halogens is 2. The summed E-state index contributed by atoms with van der Waals surface area (Å²) in [5, 5.41) is 14.1. The van der Waals surface area contributed by atoms with Crippen LogP contribution in [0.4, 0.5) is 0 Å². The van der Waals surface area contributed by atoms with Gasteiger partial charge in [0.25, 0.3) is 5.56 Å². The van der Waals surface area contributed by atoms with Crippen molar-refractivity contribution < 1.29 is 19.4 Å². The van der Waals surface area contributed by atoms with Gasteiger partial charge in [-0.15, -0.1) is 0 Å². The first-order chi connectivity index (χ1) is 18.2. The average Bonchev–Trinajstić information content (AvgIpc) is 2.89. The molecule has 8 nitrogen and oxygen atoms in total. The summed E-state index contributed by atoms with van der Waals surface area (Å²) in [5.74, 6) is 0.561. The van der Waals surface area contributed by atoms with Gasteiger partial charge in [0.05, 0.1) is 29.3 Å². The van der Waals surface area contributed by atoms with Gasteiger partial charge in [0.1, 0.15) is 12.4 Å². The monoisotopic (exact) mass is 641 g/mol. The molecule has 0 saturated heterocycles. The lowest BCUT2D eigenvalue weighted by atomic mass is 10.1. The summed E-state index contributed by atoms with van der Waals surface area (Å²) >= 11 is 6.99. The van der Waals surface area contributed by atoms with E-state index in [1.54, 1.807) is 36.5 Å². The number of hydrogen-bond donors (Lipinski definition) is 1. The van der Waals surface area contributed by atoms with Gasteiger partial charge in [-0.25, -0.2) is 9.78 Å². The molecule has 0 fully saturated rings. The number of nitrogens with zero attached hydrogens (tertiary/aromatic N) is 3. The lowest BCUT2D eigenvalue weighted by Crippen LogP contribution is -2.23. The first-order valence-corrected chi connectivity index (χ1v) is 13.4. The van der Waals surface area contributed by atoms with E-state index in [0.717, 1.165) is 10.0 Å².